The van der Waals surface area contributed by atoms with Gasteiger partial charge in [0, 0.05) is 19.4 Å². The van der Waals surface area contributed by atoms with Crippen LogP contribution < -0.4 is 5.73 Å². The first-order chi connectivity index (χ1) is 46.8. The highest BCUT2D eigenvalue weighted by atomic mass is 31.2. The maximum atomic E-state index is 12.8. The summed E-state index contributed by atoms with van der Waals surface area (Å²) in [6.07, 6.45) is 107. The molecule has 0 aromatic carbocycles. The number of hydrogen-bond acceptors (Lipinski definition) is 8. The number of ether oxygens (including phenoxy) is 2. The fourth-order valence-corrected chi connectivity index (χ4v) is 13.6. The van der Waals surface area contributed by atoms with E-state index in [0.717, 1.165) is 64.2 Å². The Morgan fingerprint density at radius 3 is 0.863 bits per heavy atom. The van der Waals surface area contributed by atoms with Crippen LogP contribution in [-0.2, 0) is 32.7 Å². The second-order valence-electron chi connectivity index (χ2n) is 28.3. The third-order valence-electron chi connectivity index (χ3n) is 18.9. The molecule has 0 fully saturated rings. The van der Waals surface area contributed by atoms with Crippen LogP contribution in [0, 0.1) is 0 Å². The summed E-state index contributed by atoms with van der Waals surface area (Å²) in [5.41, 5.74) is 5.42. The van der Waals surface area contributed by atoms with Crippen molar-refractivity contribution >= 4 is 19.8 Å². The predicted molar refractivity (Wildman–Crippen MR) is 413 cm³/mol. The van der Waals surface area contributed by atoms with Gasteiger partial charge in [-0.15, -0.1) is 0 Å². The highest BCUT2D eigenvalue weighted by molar-refractivity contribution is 7.47. The number of carbonyl (C=O) groups is 2. The van der Waals surface area contributed by atoms with Gasteiger partial charge in [0.2, 0.25) is 0 Å². The number of carbonyl (C=O) groups excluding carboxylic acids is 2. The van der Waals surface area contributed by atoms with Crippen molar-refractivity contribution in [3.05, 3.63) is 60.8 Å². The quantitative estimate of drug-likeness (QED) is 0.0264. The molecule has 2 atom stereocenters. The normalized spacial score (nSPS) is 13.1. The molecule has 0 saturated carbocycles. The molecular formula is C85H160NO8P. The third kappa shape index (κ3) is 80.6. The van der Waals surface area contributed by atoms with E-state index in [2.05, 4.69) is 74.6 Å². The van der Waals surface area contributed by atoms with E-state index in [0.29, 0.717) is 6.42 Å². The molecule has 9 nitrogen and oxygen atoms in total. The van der Waals surface area contributed by atoms with Crippen LogP contribution in [0.25, 0.3) is 0 Å². The Kier molecular flexibility index (Phi) is 78.7. The highest BCUT2D eigenvalue weighted by Gasteiger charge is 2.26. The number of esters is 2. The molecule has 0 aliphatic heterocycles. The van der Waals surface area contributed by atoms with Gasteiger partial charge in [-0.2, -0.15) is 0 Å². The van der Waals surface area contributed by atoms with Crippen LogP contribution in [0.2, 0.25) is 0 Å². The van der Waals surface area contributed by atoms with Gasteiger partial charge in [-0.25, -0.2) is 4.57 Å². The lowest BCUT2D eigenvalue weighted by atomic mass is 10.0. The highest BCUT2D eigenvalue weighted by Crippen LogP contribution is 2.43. The van der Waals surface area contributed by atoms with Crippen LogP contribution in [0.5, 0.6) is 0 Å². The predicted octanol–water partition coefficient (Wildman–Crippen LogP) is 28.1. The van der Waals surface area contributed by atoms with Gasteiger partial charge in [-0.1, -0.05) is 428 Å². The van der Waals surface area contributed by atoms with Crippen molar-refractivity contribution < 1.29 is 37.6 Å². The van der Waals surface area contributed by atoms with Gasteiger partial charge in [0.25, 0.3) is 0 Å². The van der Waals surface area contributed by atoms with Crippen molar-refractivity contribution in [3.63, 3.8) is 0 Å². The zero-order valence-electron chi connectivity index (χ0n) is 63.2. The molecule has 10 heteroatoms. The molecule has 0 amide bonds. The fraction of sp³-hybridized carbons (Fsp3) is 0.859. The summed E-state index contributed by atoms with van der Waals surface area (Å²) in [6, 6.07) is 0. The summed E-state index contributed by atoms with van der Waals surface area (Å²) in [7, 11) is -4.40. The first-order valence-electron chi connectivity index (χ1n) is 41.8. The third-order valence-corrected chi connectivity index (χ3v) is 19.9. The van der Waals surface area contributed by atoms with E-state index in [1.807, 2.05) is 0 Å². The van der Waals surface area contributed by atoms with Crippen molar-refractivity contribution in [2.24, 2.45) is 5.73 Å². The fourth-order valence-electron chi connectivity index (χ4n) is 12.8. The minimum absolute atomic E-state index is 0.0560. The first kappa shape index (κ1) is 92.7. The van der Waals surface area contributed by atoms with Gasteiger partial charge in [-0.3, -0.25) is 18.6 Å². The Hall–Kier alpha value is -2.29. The first-order valence-corrected chi connectivity index (χ1v) is 43.3. The molecule has 0 saturated heterocycles. The van der Waals surface area contributed by atoms with Gasteiger partial charge in [0.1, 0.15) is 6.61 Å². The van der Waals surface area contributed by atoms with E-state index in [-0.39, 0.29) is 38.6 Å². The van der Waals surface area contributed by atoms with Gasteiger partial charge in [0.05, 0.1) is 13.2 Å². The molecular weight excluding hydrogens is 1190 g/mol. The standard InChI is InChI=1S/C85H160NO8P/c1-3-5-7-9-11-13-15-17-19-21-23-25-27-29-31-33-35-37-39-40-41-42-44-46-48-50-52-54-56-58-60-62-64-66-68-70-72-74-76-78-85(88)94-83(82-93-95(89,90)92-80-79-86)81-91-84(87)77-75-73-71-69-67-65-63-61-59-57-55-53-51-49-47-45-43-38-36-34-32-30-28-26-24-22-20-18-16-14-12-10-8-6-4-2/h5,7,11,13,17,19,23,25,29,31,83H,3-4,6,8-10,12,14-16,18,20-22,24,26-28,30,32-82,86H2,1-2H3,(H,89,90)/b7-5-,13-11-,19-17-,25-23-,31-29-. The second-order valence-corrected chi connectivity index (χ2v) is 29.8. The lowest BCUT2D eigenvalue weighted by Gasteiger charge is -2.19. The van der Waals surface area contributed by atoms with Crippen molar-refractivity contribution in [3.8, 4) is 0 Å². The average Bonchev–Trinajstić information content (AvgIpc) is 3.16. The Balaban J connectivity index is 3.73. The Morgan fingerprint density at radius 1 is 0.326 bits per heavy atom. The molecule has 2 unspecified atom stereocenters. The molecule has 0 heterocycles. The molecule has 0 aromatic heterocycles. The molecule has 558 valence electrons. The van der Waals surface area contributed by atoms with Crippen LogP contribution in [0.4, 0.5) is 0 Å². The van der Waals surface area contributed by atoms with E-state index in [9.17, 15) is 19.0 Å². The molecule has 0 aliphatic rings. The molecule has 0 aliphatic carbocycles. The molecule has 0 radical (unpaired) electrons. The van der Waals surface area contributed by atoms with Crippen molar-refractivity contribution in [2.45, 2.75) is 444 Å². The number of phosphoric acid groups is 1. The summed E-state index contributed by atoms with van der Waals surface area (Å²) in [5, 5.41) is 0. The number of allylic oxidation sites excluding steroid dienone is 10. The van der Waals surface area contributed by atoms with Gasteiger partial charge >= 0.3 is 19.8 Å². The number of unbranched alkanes of at least 4 members (excludes halogenated alkanes) is 57. The van der Waals surface area contributed by atoms with Crippen molar-refractivity contribution in [1.82, 2.24) is 0 Å². The van der Waals surface area contributed by atoms with E-state index in [1.54, 1.807) is 0 Å². The second kappa shape index (κ2) is 80.7. The number of hydrogen-bond donors (Lipinski definition) is 2. The Labute approximate surface area is 590 Å². The minimum Gasteiger partial charge on any atom is -0.462 e. The Morgan fingerprint density at radius 2 is 0.579 bits per heavy atom. The lowest BCUT2D eigenvalue weighted by Crippen LogP contribution is -2.29. The number of nitrogens with two attached hydrogens (primary N) is 1. The minimum atomic E-state index is -4.40. The van der Waals surface area contributed by atoms with E-state index < -0.39 is 26.5 Å². The van der Waals surface area contributed by atoms with Gasteiger partial charge < -0.3 is 20.1 Å². The lowest BCUT2D eigenvalue weighted by molar-refractivity contribution is -0.161. The van der Waals surface area contributed by atoms with Crippen molar-refractivity contribution in [2.75, 3.05) is 26.4 Å². The SMILES string of the molecule is CC/C=C\C/C=C\C/C=C\C/C=C\C/C=C\CCCCCCCCCCCCCCCCCCCCCCCCCC(=O)OC(COC(=O)CCCCCCCCCCCCCCCCCCCCCCCCCCCCCCCCCCCCC)COP(=O)(O)OCCN. The molecule has 0 bridgehead atoms. The van der Waals surface area contributed by atoms with Crippen LogP contribution in [0.3, 0.4) is 0 Å². The maximum absolute atomic E-state index is 12.8. The van der Waals surface area contributed by atoms with E-state index >= 15 is 0 Å². The van der Waals surface area contributed by atoms with Crippen LogP contribution in [0.1, 0.15) is 438 Å². The van der Waals surface area contributed by atoms with E-state index in [4.69, 9.17) is 24.3 Å². The van der Waals surface area contributed by atoms with E-state index in [1.165, 1.54) is 340 Å². The molecule has 0 aromatic rings. The summed E-state index contributed by atoms with van der Waals surface area (Å²) in [4.78, 5) is 35.5. The van der Waals surface area contributed by atoms with Gasteiger partial charge in [-0.05, 0) is 57.8 Å². The van der Waals surface area contributed by atoms with Crippen LogP contribution in [0.15, 0.2) is 60.8 Å². The maximum Gasteiger partial charge on any atom is 0.472 e. The summed E-state index contributed by atoms with van der Waals surface area (Å²) < 4.78 is 33.3. The van der Waals surface area contributed by atoms with Crippen molar-refractivity contribution in [1.29, 1.82) is 0 Å². The molecule has 0 spiro atoms. The smallest absolute Gasteiger partial charge is 0.462 e. The van der Waals surface area contributed by atoms with Crippen LogP contribution in [-0.4, -0.2) is 49.3 Å². The zero-order valence-corrected chi connectivity index (χ0v) is 64.1. The molecule has 0 rings (SSSR count). The zero-order chi connectivity index (χ0) is 68.6. The topological polar surface area (TPSA) is 134 Å². The molecule has 3 N–H and O–H groups in total. The van der Waals surface area contributed by atoms with Gasteiger partial charge in [0.15, 0.2) is 6.10 Å². The monoisotopic (exact) mass is 1350 g/mol. The average molecular weight is 1360 g/mol. The summed E-state index contributed by atoms with van der Waals surface area (Å²) >= 11 is 0. The molecule has 95 heavy (non-hydrogen) atoms. The Bertz CT molecular complexity index is 1750. The number of phosphoric ester groups is 1. The largest absolute Gasteiger partial charge is 0.472 e. The summed E-state index contributed by atoms with van der Waals surface area (Å²) in [6.45, 7) is 3.72. The summed E-state index contributed by atoms with van der Waals surface area (Å²) in [5.74, 6) is -0.801. The number of rotatable bonds is 80. The van der Waals surface area contributed by atoms with Crippen LogP contribution >= 0.6 is 7.82 Å².